The average Bonchev–Trinajstić information content (AvgIpc) is 3.21. The van der Waals surface area contributed by atoms with E-state index < -0.39 is 12.1 Å². The van der Waals surface area contributed by atoms with E-state index in [0.717, 1.165) is 28.6 Å². The Hall–Kier alpha value is -3.08. The molecule has 5 nitrogen and oxygen atoms in total. The van der Waals surface area contributed by atoms with E-state index >= 15 is 0 Å². The second kappa shape index (κ2) is 6.33. The van der Waals surface area contributed by atoms with Gasteiger partial charge < -0.3 is 14.6 Å². The molecule has 1 amide bonds. The number of aromatic nitrogens is 1. The minimum absolute atomic E-state index is 0.0501. The fraction of sp³-hybridized carbons (Fsp3) is 0.238. The maximum absolute atomic E-state index is 12.9. The molecule has 26 heavy (non-hydrogen) atoms. The Labute approximate surface area is 151 Å². The third-order valence-corrected chi connectivity index (χ3v) is 4.89. The van der Waals surface area contributed by atoms with Crippen LogP contribution >= 0.6 is 0 Å². The molecule has 0 spiro atoms. The van der Waals surface area contributed by atoms with Crippen LogP contribution in [0.15, 0.2) is 54.7 Å². The maximum Gasteiger partial charge on any atom is 0.341 e. The summed E-state index contributed by atoms with van der Waals surface area (Å²) in [6, 6.07) is 15.4. The lowest BCUT2D eigenvalue weighted by molar-refractivity contribution is -0.126. The number of hydrogen-bond acceptors (Lipinski definition) is 3. The largest absolute Gasteiger partial charge is 0.449 e. The molecule has 132 valence electrons. The molecule has 0 aliphatic carbocycles. The molecular formula is C21H20N2O3. The molecule has 0 radical (unpaired) electrons. The van der Waals surface area contributed by atoms with Crippen LogP contribution in [-0.2, 0) is 16.0 Å². The number of anilines is 1. The van der Waals surface area contributed by atoms with Crippen molar-refractivity contribution < 1.29 is 14.3 Å². The van der Waals surface area contributed by atoms with Crippen LogP contribution in [0.1, 0.15) is 29.8 Å². The Bertz CT molecular complexity index is 992. The van der Waals surface area contributed by atoms with Crippen LogP contribution in [0, 0.1) is 0 Å². The number of benzene rings is 2. The standard InChI is InChI=1S/C21H20N2O3/c1-13-11-15-7-3-6-10-19(15)23(13)20(24)14(2)26-21(25)17-12-22-18-9-5-4-8-16(17)18/h3-10,12-14,22H,11H2,1-2H3/t13-,14+/m1/s1. The molecule has 0 saturated heterocycles. The Kier molecular flexibility index (Phi) is 3.99. The highest BCUT2D eigenvalue weighted by atomic mass is 16.5. The lowest BCUT2D eigenvalue weighted by atomic mass is 10.1. The van der Waals surface area contributed by atoms with Gasteiger partial charge in [0.2, 0.25) is 0 Å². The highest BCUT2D eigenvalue weighted by molar-refractivity contribution is 6.06. The summed E-state index contributed by atoms with van der Waals surface area (Å²) in [5, 5.41) is 0.789. The first kappa shape index (κ1) is 16.4. The minimum atomic E-state index is -0.857. The molecule has 0 unspecified atom stereocenters. The second-order valence-corrected chi connectivity index (χ2v) is 6.69. The third-order valence-electron chi connectivity index (χ3n) is 4.89. The number of fused-ring (bicyclic) bond motifs is 2. The van der Waals surface area contributed by atoms with E-state index in [0.29, 0.717) is 5.56 Å². The van der Waals surface area contributed by atoms with E-state index in [9.17, 15) is 9.59 Å². The number of esters is 1. The molecule has 1 aliphatic rings. The molecule has 1 aromatic heterocycles. The lowest BCUT2D eigenvalue weighted by Gasteiger charge is -2.25. The minimum Gasteiger partial charge on any atom is -0.449 e. The van der Waals surface area contributed by atoms with Gasteiger partial charge in [-0.3, -0.25) is 4.79 Å². The van der Waals surface area contributed by atoms with Crippen molar-refractivity contribution in [3.05, 3.63) is 65.9 Å². The van der Waals surface area contributed by atoms with Gasteiger partial charge in [0.25, 0.3) is 5.91 Å². The van der Waals surface area contributed by atoms with Crippen molar-refractivity contribution in [2.45, 2.75) is 32.4 Å². The summed E-state index contributed by atoms with van der Waals surface area (Å²) in [6.07, 6.45) is 1.58. The van der Waals surface area contributed by atoms with Gasteiger partial charge in [-0.15, -0.1) is 0 Å². The number of carbonyl (C=O) groups is 2. The Morgan fingerprint density at radius 1 is 1.15 bits per heavy atom. The van der Waals surface area contributed by atoms with Crippen LogP contribution in [0.2, 0.25) is 0 Å². The van der Waals surface area contributed by atoms with Gasteiger partial charge in [0.05, 0.1) is 5.56 Å². The number of amides is 1. The number of nitrogens with zero attached hydrogens (tertiary/aromatic N) is 1. The molecule has 0 saturated carbocycles. The predicted octanol–water partition coefficient (Wildman–Crippen LogP) is 3.69. The average molecular weight is 348 g/mol. The van der Waals surface area contributed by atoms with Crippen molar-refractivity contribution in [2.24, 2.45) is 0 Å². The molecule has 4 rings (SSSR count). The van der Waals surface area contributed by atoms with Crippen molar-refractivity contribution in [2.75, 3.05) is 4.90 Å². The van der Waals surface area contributed by atoms with Gasteiger partial charge in [-0.25, -0.2) is 4.79 Å². The van der Waals surface area contributed by atoms with Crippen molar-refractivity contribution in [1.29, 1.82) is 0 Å². The molecule has 0 bridgehead atoms. The smallest absolute Gasteiger partial charge is 0.341 e. The van der Waals surface area contributed by atoms with E-state index in [1.807, 2.05) is 55.5 Å². The molecule has 1 aliphatic heterocycles. The fourth-order valence-corrected chi connectivity index (χ4v) is 3.61. The molecular weight excluding hydrogens is 328 g/mol. The lowest BCUT2D eigenvalue weighted by Crippen LogP contribution is -2.43. The summed E-state index contributed by atoms with van der Waals surface area (Å²) in [6.45, 7) is 3.63. The van der Waals surface area contributed by atoms with Crippen molar-refractivity contribution >= 4 is 28.5 Å². The zero-order valence-corrected chi connectivity index (χ0v) is 14.7. The number of para-hydroxylation sites is 2. The summed E-state index contributed by atoms with van der Waals surface area (Å²) < 4.78 is 5.49. The van der Waals surface area contributed by atoms with E-state index in [2.05, 4.69) is 4.98 Å². The van der Waals surface area contributed by atoms with E-state index in [1.54, 1.807) is 18.0 Å². The monoisotopic (exact) mass is 348 g/mol. The molecule has 0 fully saturated rings. The van der Waals surface area contributed by atoms with E-state index in [4.69, 9.17) is 4.74 Å². The zero-order valence-electron chi connectivity index (χ0n) is 14.7. The van der Waals surface area contributed by atoms with Gasteiger partial charge in [0.15, 0.2) is 6.10 Å². The first-order valence-corrected chi connectivity index (χ1v) is 8.74. The summed E-state index contributed by atoms with van der Waals surface area (Å²) in [5.74, 6) is -0.695. The number of carbonyl (C=O) groups excluding carboxylic acids is 2. The van der Waals surface area contributed by atoms with Crippen LogP contribution in [0.4, 0.5) is 5.69 Å². The number of hydrogen-bond donors (Lipinski definition) is 1. The van der Waals surface area contributed by atoms with Gasteiger partial charge in [0, 0.05) is 28.8 Å². The van der Waals surface area contributed by atoms with Crippen molar-refractivity contribution in [3.8, 4) is 0 Å². The van der Waals surface area contributed by atoms with Gasteiger partial charge in [-0.05, 0) is 38.0 Å². The third kappa shape index (κ3) is 2.65. The fourth-order valence-electron chi connectivity index (χ4n) is 3.61. The molecule has 2 aromatic carbocycles. The Morgan fingerprint density at radius 2 is 1.88 bits per heavy atom. The number of aromatic amines is 1. The van der Waals surface area contributed by atoms with Crippen LogP contribution in [-0.4, -0.2) is 29.0 Å². The van der Waals surface area contributed by atoms with Gasteiger partial charge >= 0.3 is 5.97 Å². The number of nitrogens with one attached hydrogen (secondary N) is 1. The van der Waals surface area contributed by atoms with Crippen molar-refractivity contribution in [1.82, 2.24) is 4.98 Å². The Balaban J connectivity index is 1.54. The predicted molar refractivity (Wildman–Crippen MR) is 100 cm³/mol. The van der Waals surface area contributed by atoms with E-state index in [-0.39, 0.29) is 11.9 Å². The van der Waals surface area contributed by atoms with E-state index in [1.165, 1.54) is 0 Å². The normalized spacial score (nSPS) is 17.2. The second-order valence-electron chi connectivity index (χ2n) is 6.69. The van der Waals surface area contributed by atoms with Crippen LogP contribution in [0.5, 0.6) is 0 Å². The summed E-state index contributed by atoms with van der Waals surface area (Å²) in [7, 11) is 0. The highest BCUT2D eigenvalue weighted by Crippen LogP contribution is 2.32. The molecule has 1 N–H and O–H groups in total. The quantitative estimate of drug-likeness (QED) is 0.734. The summed E-state index contributed by atoms with van der Waals surface area (Å²) >= 11 is 0. The molecule has 2 heterocycles. The van der Waals surface area contributed by atoms with Gasteiger partial charge in [-0.1, -0.05) is 36.4 Å². The molecule has 5 heteroatoms. The number of H-pyrrole nitrogens is 1. The van der Waals surface area contributed by atoms with Crippen LogP contribution in [0.3, 0.4) is 0 Å². The van der Waals surface area contributed by atoms with Crippen LogP contribution in [0.25, 0.3) is 10.9 Å². The summed E-state index contributed by atoms with van der Waals surface area (Å²) in [4.78, 5) is 30.3. The topological polar surface area (TPSA) is 62.4 Å². The number of ether oxygens (including phenoxy) is 1. The van der Waals surface area contributed by atoms with Crippen molar-refractivity contribution in [3.63, 3.8) is 0 Å². The SMILES string of the molecule is C[C@H](OC(=O)c1c[nH]c2ccccc12)C(=O)N1c2ccccc2C[C@H]1C. The molecule has 2 atom stereocenters. The maximum atomic E-state index is 12.9. The summed E-state index contributed by atoms with van der Waals surface area (Å²) in [5.41, 5.74) is 3.35. The first-order chi connectivity index (χ1) is 12.6. The van der Waals surface area contributed by atoms with Crippen LogP contribution < -0.4 is 4.90 Å². The van der Waals surface area contributed by atoms with Gasteiger partial charge in [-0.2, -0.15) is 0 Å². The zero-order chi connectivity index (χ0) is 18.3. The molecule has 3 aromatic rings. The Morgan fingerprint density at radius 3 is 2.73 bits per heavy atom. The number of rotatable bonds is 3. The van der Waals surface area contributed by atoms with Gasteiger partial charge in [0.1, 0.15) is 0 Å². The highest BCUT2D eigenvalue weighted by Gasteiger charge is 2.34. The first-order valence-electron chi connectivity index (χ1n) is 8.74.